The van der Waals surface area contributed by atoms with Crippen molar-refractivity contribution in [3.8, 4) is 5.75 Å². The maximum atomic E-state index is 10.8. The number of benzene rings is 1. The number of aromatic hydroxyl groups is 1. The molecule has 0 saturated heterocycles. The fraction of sp³-hybridized carbons (Fsp3) is 0.357. The molecule has 0 heterocycles. The number of hydrazine groups is 1. The molecule has 19 heavy (non-hydrogen) atoms. The summed E-state index contributed by atoms with van der Waals surface area (Å²) in [7, 11) is 0. The molecule has 0 aliphatic rings. The van der Waals surface area contributed by atoms with E-state index in [1.54, 1.807) is 18.3 Å². The van der Waals surface area contributed by atoms with Gasteiger partial charge in [-0.1, -0.05) is 12.1 Å². The average molecular weight is 263 g/mol. The number of carbonyl (C=O) groups excluding carboxylic acids is 1. The van der Waals surface area contributed by atoms with Crippen LogP contribution >= 0.6 is 0 Å². The van der Waals surface area contributed by atoms with E-state index in [-0.39, 0.29) is 11.5 Å². The number of carbonyl (C=O) groups is 1. The normalized spacial score (nSPS) is 11.4. The molecule has 5 nitrogen and oxygen atoms in total. The van der Waals surface area contributed by atoms with E-state index in [2.05, 4.69) is 0 Å². The third kappa shape index (κ3) is 6.47. The monoisotopic (exact) mass is 263 g/mol. The van der Waals surface area contributed by atoms with Crippen LogP contribution in [0.3, 0.4) is 0 Å². The average Bonchev–Trinajstić information content (AvgIpc) is 2.36. The van der Waals surface area contributed by atoms with E-state index in [1.165, 1.54) is 11.9 Å². The standard InChI is InChI=1S/C14H21N3O2/c1-11(18)2-5-13(15)10-17(16)9-8-12-3-6-14(19)7-4-12/h3-4,6-7,10,19H,2,5,8-9,15-16H2,1H3/b13-10-. The lowest BCUT2D eigenvalue weighted by Gasteiger charge is -2.15. The van der Waals surface area contributed by atoms with Gasteiger partial charge in [0, 0.05) is 24.9 Å². The summed E-state index contributed by atoms with van der Waals surface area (Å²) in [4.78, 5) is 10.8. The third-order valence-corrected chi connectivity index (χ3v) is 2.69. The van der Waals surface area contributed by atoms with Gasteiger partial charge in [0.15, 0.2) is 0 Å². The number of nitrogens with zero attached hydrogens (tertiary/aromatic N) is 1. The van der Waals surface area contributed by atoms with Crippen LogP contribution in [0, 0.1) is 0 Å². The molecule has 0 aliphatic carbocycles. The van der Waals surface area contributed by atoms with Gasteiger partial charge in [0.25, 0.3) is 0 Å². The highest BCUT2D eigenvalue weighted by Gasteiger charge is 2.00. The molecule has 0 bridgehead atoms. The van der Waals surface area contributed by atoms with Crippen LogP contribution in [0.2, 0.25) is 0 Å². The molecule has 104 valence electrons. The molecule has 0 amide bonds. The second-order valence-electron chi connectivity index (χ2n) is 4.56. The molecule has 1 aromatic rings. The van der Waals surface area contributed by atoms with Crippen LogP contribution in [0.1, 0.15) is 25.3 Å². The highest BCUT2D eigenvalue weighted by atomic mass is 16.3. The van der Waals surface area contributed by atoms with E-state index in [4.69, 9.17) is 16.7 Å². The highest BCUT2D eigenvalue weighted by molar-refractivity contribution is 5.75. The quantitative estimate of drug-likeness (QED) is 0.509. The molecule has 5 N–H and O–H groups in total. The minimum Gasteiger partial charge on any atom is -0.508 e. The molecule has 0 spiro atoms. The Bertz CT molecular complexity index is 441. The predicted molar refractivity (Wildman–Crippen MR) is 74.9 cm³/mol. The van der Waals surface area contributed by atoms with E-state index in [9.17, 15) is 4.79 Å². The molecular weight excluding hydrogens is 242 g/mol. The largest absolute Gasteiger partial charge is 0.508 e. The van der Waals surface area contributed by atoms with Crippen LogP contribution in [0.5, 0.6) is 5.75 Å². The predicted octanol–water partition coefficient (Wildman–Crippen LogP) is 1.28. The van der Waals surface area contributed by atoms with Crippen LogP contribution in [0.25, 0.3) is 0 Å². The van der Waals surface area contributed by atoms with E-state index in [0.29, 0.717) is 25.1 Å². The second-order valence-corrected chi connectivity index (χ2v) is 4.56. The summed E-state index contributed by atoms with van der Waals surface area (Å²) in [6.45, 7) is 2.16. The zero-order valence-corrected chi connectivity index (χ0v) is 11.2. The summed E-state index contributed by atoms with van der Waals surface area (Å²) in [5.74, 6) is 6.17. The number of phenols is 1. The van der Waals surface area contributed by atoms with Crippen LogP contribution in [-0.2, 0) is 11.2 Å². The zero-order chi connectivity index (χ0) is 14.3. The van der Waals surface area contributed by atoms with Gasteiger partial charge in [-0.15, -0.1) is 0 Å². The maximum absolute atomic E-state index is 10.8. The lowest BCUT2D eigenvalue weighted by Crippen LogP contribution is -2.28. The molecule has 0 aliphatic heterocycles. The van der Waals surface area contributed by atoms with Crippen molar-refractivity contribution in [1.82, 2.24) is 5.01 Å². The first-order valence-corrected chi connectivity index (χ1v) is 6.22. The first-order valence-electron chi connectivity index (χ1n) is 6.22. The Morgan fingerprint density at radius 3 is 2.53 bits per heavy atom. The number of allylic oxidation sites excluding steroid dienone is 1. The van der Waals surface area contributed by atoms with Crippen molar-refractivity contribution in [3.05, 3.63) is 41.7 Å². The molecule has 0 fully saturated rings. The number of phenolic OH excluding ortho intramolecular Hbond substituents is 1. The number of ketones is 1. The van der Waals surface area contributed by atoms with Crippen molar-refractivity contribution in [3.63, 3.8) is 0 Å². The van der Waals surface area contributed by atoms with Crippen molar-refractivity contribution < 1.29 is 9.90 Å². The van der Waals surface area contributed by atoms with Crippen molar-refractivity contribution >= 4 is 5.78 Å². The van der Waals surface area contributed by atoms with Crippen molar-refractivity contribution in [2.75, 3.05) is 6.54 Å². The third-order valence-electron chi connectivity index (χ3n) is 2.69. The molecule has 1 rings (SSSR count). The maximum Gasteiger partial charge on any atom is 0.130 e. The van der Waals surface area contributed by atoms with Gasteiger partial charge >= 0.3 is 0 Å². The van der Waals surface area contributed by atoms with Crippen LogP contribution < -0.4 is 11.6 Å². The summed E-state index contributed by atoms with van der Waals surface area (Å²) in [6.07, 6.45) is 3.38. The number of Topliss-reactive ketones (excluding diaryl/α,β-unsaturated/α-hetero) is 1. The second kappa shape index (κ2) is 7.43. The Labute approximate surface area is 113 Å². The van der Waals surface area contributed by atoms with Crippen molar-refractivity contribution in [1.29, 1.82) is 0 Å². The molecule has 0 saturated carbocycles. The molecular formula is C14H21N3O2. The summed E-state index contributed by atoms with van der Waals surface area (Å²) in [5.41, 5.74) is 7.45. The van der Waals surface area contributed by atoms with Crippen LogP contribution in [-0.4, -0.2) is 22.4 Å². The Hall–Kier alpha value is -2.01. The number of rotatable bonds is 7. The molecule has 0 atom stereocenters. The number of hydrogen-bond donors (Lipinski definition) is 3. The first-order chi connectivity index (χ1) is 8.97. The Morgan fingerprint density at radius 1 is 1.32 bits per heavy atom. The molecule has 5 heteroatoms. The van der Waals surface area contributed by atoms with Gasteiger partial charge in [-0.25, -0.2) is 5.84 Å². The zero-order valence-electron chi connectivity index (χ0n) is 11.2. The molecule has 1 aromatic carbocycles. The van der Waals surface area contributed by atoms with Crippen molar-refractivity contribution in [2.45, 2.75) is 26.2 Å². The Morgan fingerprint density at radius 2 is 1.95 bits per heavy atom. The number of hydrogen-bond acceptors (Lipinski definition) is 5. The molecule has 0 radical (unpaired) electrons. The fourth-order valence-corrected chi connectivity index (χ4v) is 1.58. The van der Waals surface area contributed by atoms with E-state index in [1.807, 2.05) is 12.1 Å². The Kier molecular flexibility index (Phi) is 5.89. The SMILES string of the molecule is CC(=O)CC/C(N)=C/N(N)CCc1ccc(O)cc1. The van der Waals surface area contributed by atoms with Gasteiger partial charge < -0.3 is 20.6 Å². The fourth-order valence-electron chi connectivity index (χ4n) is 1.58. The van der Waals surface area contributed by atoms with Gasteiger partial charge in [0.2, 0.25) is 0 Å². The Balaban J connectivity index is 2.38. The minimum atomic E-state index is 0.115. The molecule has 0 aromatic heterocycles. The minimum absolute atomic E-state index is 0.115. The van der Waals surface area contributed by atoms with Crippen molar-refractivity contribution in [2.24, 2.45) is 11.6 Å². The summed E-state index contributed by atoms with van der Waals surface area (Å²) in [5, 5.41) is 10.7. The van der Waals surface area contributed by atoms with E-state index in [0.717, 1.165) is 12.0 Å². The smallest absolute Gasteiger partial charge is 0.130 e. The highest BCUT2D eigenvalue weighted by Crippen LogP contribution is 2.10. The van der Waals surface area contributed by atoms with Gasteiger partial charge in [0.1, 0.15) is 11.5 Å². The van der Waals surface area contributed by atoms with Gasteiger partial charge in [-0.05, 0) is 37.5 Å². The van der Waals surface area contributed by atoms with E-state index < -0.39 is 0 Å². The van der Waals surface area contributed by atoms with Gasteiger partial charge in [0.05, 0.1) is 0 Å². The van der Waals surface area contributed by atoms with Crippen LogP contribution in [0.15, 0.2) is 36.2 Å². The van der Waals surface area contributed by atoms with Gasteiger partial charge in [-0.2, -0.15) is 0 Å². The number of nitrogens with two attached hydrogens (primary N) is 2. The van der Waals surface area contributed by atoms with Crippen LogP contribution in [0.4, 0.5) is 0 Å². The molecule has 0 unspecified atom stereocenters. The van der Waals surface area contributed by atoms with E-state index >= 15 is 0 Å². The summed E-state index contributed by atoms with van der Waals surface area (Å²) < 4.78 is 0. The first kappa shape index (κ1) is 15.0. The topological polar surface area (TPSA) is 92.6 Å². The lowest BCUT2D eigenvalue weighted by molar-refractivity contribution is -0.116. The summed E-state index contributed by atoms with van der Waals surface area (Å²) >= 11 is 0. The van der Waals surface area contributed by atoms with Gasteiger partial charge in [-0.3, -0.25) is 0 Å². The lowest BCUT2D eigenvalue weighted by atomic mass is 10.1. The summed E-state index contributed by atoms with van der Waals surface area (Å²) in [6, 6.07) is 7.00.